The largest absolute Gasteiger partial charge is 0.478 e. The van der Waals surface area contributed by atoms with Crippen LogP contribution in [0, 0.1) is 17.6 Å². The zero-order chi connectivity index (χ0) is 14.2. The number of hydrogen-bond donors (Lipinski definition) is 2. The van der Waals surface area contributed by atoms with Crippen LogP contribution >= 0.6 is 0 Å². The van der Waals surface area contributed by atoms with Crippen LogP contribution in [-0.4, -0.2) is 23.0 Å². The molecule has 2 unspecified atom stereocenters. The van der Waals surface area contributed by atoms with Crippen molar-refractivity contribution in [3.63, 3.8) is 0 Å². The molecule has 0 radical (unpaired) electrons. The molecule has 102 valence electrons. The third kappa shape index (κ3) is 2.72. The van der Waals surface area contributed by atoms with E-state index in [2.05, 4.69) is 5.32 Å². The predicted octanol–water partition coefficient (Wildman–Crippen LogP) is 2.19. The van der Waals surface area contributed by atoms with Gasteiger partial charge in [0.15, 0.2) is 11.6 Å². The Morgan fingerprint density at radius 2 is 1.89 bits per heavy atom. The molecular weight excluding hydrogens is 256 g/mol. The molecule has 4 nitrogen and oxygen atoms in total. The van der Waals surface area contributed by atoms with Crippen LogP contribution in [0.25, 0.3) is 0 Å². The van der Waals surface area contributed by atoms with Gasteiger partial charge in [0.1, 0.15) is 0 Å². The van der Waals surface area contributed by atoms with E-state index in [0.29, 0.717) is 18.1 Å². The maximum Gasteiger partial charge on any atom is 0.336 e. The van der Waals surface area contributed by atoms with Gasteiger partial charge in [-0.3, -0.25) is 4.79 Å². The van der Waals surface area contributed by atoms with Gasteiger partial charge >= 0.3 is 5.97 Å². The van der Waals surface area contributed by atoms with Gasteiger partial charge in [-0.1, -0.05) is 13.3 Å². The number of hydrogen-bond acceptors (Lipinski definition) is 2. The number of benzene rings is 1. The molecule has 1 aromatic carbocycles. The van der Waals surface area contributed by atoms with Crippen LogP contribution in [-0.2, 0) is 0 Å². The molecule has 1 fully saturated rings. The summed E-state index contributed by atoms with van der Waals surface area (Å²) >= 11 is 0. The van der Waals surface area contributed by atoms with E-state index in [9.17, 15) is 18.4 Å². The molecule has 2 atom stereocenters. The van der Waals surface area contributed by atoms with Gasteiger partial charge < -0.3 is 10.4 Å². The predicted molar refractivity (Wildman–Crippen MR) is 63.0 cm³/mol. The van der Waals surface area contributed by atoms with Gasteiger partial charge in [0.2, 0.25) is 0 Å². The second-order valence-electron chi connectivity index (χ2n) is 4.60. The minimum atomic E-state index is -1.47. The van der Waals surface area contributed by atoms with Crippen molar-refractivity contribution in [1.82, 2.24) is 5.32 Å². The fraction of sp³-hybridized carbons (Fsp3) is 0.385. The van der Waals surface area contributed by atoms with Crippen LogP contribution in [0.5, 0.6) is 0 Å². The standard InChI is InChI=1S/C13H13F2NO3/c1-2-6-3-11(6)16-12(17)7-4-9(14)10(15)5-8(7)13(18)19/h4-6,11H,2-3H2,1H3,(H,16,17)(H,18,19). The molecule has 19 heavy (non-hydrogen) atoms. The van der Waals surface area contributed by atoms with Crippen molar-refractivity contribution in [2.45, 2.75) is 25.8 Å². The Morgan fingerprint density at radius 3 is 2.37 bits per heavy atom. The summed E-state index contributed by atoms with van der Waals surface area (Å²) in [5.41, 5.74) is -0.891. The monoisotopic (exact) mass is 269 g/mol. The number of nitrogens with one attached hydrogen (secondary N) is 1. The molecule has 6 heteroatoms. The molecule has 0 saturated heterocycles. The summed E-state index contributed by atoms with van der Waals surface area (Å²) in [5.74, 6) is -4.29. The van der Waals surface area contributed by atoms with E-state index in [4.69, 9.17) is 5.11 Å². The zero-order valence-corrected chi connectivity index (χ0v) is 10.2. The van der Waals surface area contributed by atoms with Gasteiger partial charge in [-0.25, -0.2) is 13.6 Å². The van der Waals surface area contributed by atoms with E-state index in [1.54, 1.807) is 0 Å². The first-order chi connectivity index (χ1) is 8.93. The second kappa shape index (κ2) is 4.95. The number of carboxylic acids is 1. The topological polar surface area (TPSA) is 66.4 Å². The Labute approximate surface area is 108 Å². The average Bonchev–Trinajstić information content (AvgIpc) is 3.10. The van der Waals surface area contributed by atoms with Crippen LogP contribution in [0.1, 0.15) is 40.5 Å². The number of carboxylic acid groups (broad SMARTS) is 1. The molecule has 1 aliphatic rings. The molecule has 1 aromatic rings. The van der Waals surface area contributed by atoms with Gasteiger partial charge in [-0.2, -0.15) is 0 Å². The lowest BCUT2D eigenvalue weighted by Gasteiger charge is -2.08. The van der Waals surface area contributed by atoms with Crippen LogP contribution in [0.4, 0.5) is 8.78 Å². The highest BCUT2D eigenvalue weighted by Crippen LogP contribution is 2.33. The summed E-state index contributed by atoms with van der Waals surface area (Å²) in [6.45, 7) is 1.98. The second-order valence-corrected chi connectivity index (χ2v) is 4.60. The van der Waals surface area contributed by atoms with E-state index in [1.165, 1.54) is 0 Å². The first kappa shape index (κ1) is 13.5. The number of carbonyl (C=O) groups excluding carboxylic acids is 1. The van der Waals surface area contributed by atoms with E-state index >= 15 is 0 Å². The van der Waals surface area contributed by atoms with Crippen molar-refractivity contribution in [2.24, 2.45) is 5.92 Å². The van der Waals surface area contributed by atoms with Gasteiger partial charge in [0.25, 0.3) is 5.91 Å². The average molecular weight is 269 g/mol. The molecule has 1 saturated carbocycles. The van der Waals surface area contributed by atoms with Crippen molar-refractivity contribution in [1.29, 1.82) is 0 Å². The number of amides is 1. The first-order valence-electron chi connectivity index (χ1n) is 5.97. The van der Waals surface area contributed by atoms with E-state index in [0.717, 1.165) is 12.8 Å². The van der Waals surface area contributed by atoms with Crippen LogP contribution in [0.3, 0.4) is 0 Å². The molecule has 0 aliphatic heterocycles. The first-order valence-corrected chi connectivity index (χ1v) is 5.97. The van der Waals surface area contributed by atoms with Crippen molar-refractivity contribution < 1.29 is 23.5 Å². The summed E-state index contributed by atoms with van der Waals surface area (Å²) < 4.78 is 26.1. The molecule has 1 amide bonds. The Kier molecular flexibility index (Phi) is 3.50. The lowest BCUT2D eigenvalue weighted by atomic mass is 10.1. The van der Waals surface area contributed by atoms with E-state index in [-0.39, 0.29) is 11.6 Å². The van der Waals surface area contributed by atoms with Crippen LogP contribution in [0.2, 0.25) is 0 Å². The Bertz CT molecular complexity index is 545. The molecule has 1 aliphatic carbocycles. The number of rotatable bonds is 4. The zero-order valence-electron chi connectivity index (χ0n) is 10.2. The lowest BCUT2D eigenvalue weighted by Crippen LogP contribution is -2.28. The van der Waals surface area contributed by atoms with Crippen LogP contribution in [0.15, 0.2) is 12.1 Å². The number of carbonyl (C=O) groups is 2. The van der Waals surface area contributed by atoms with Crippen molar-refractivity contribution >= 4 is 11.9 Å². The minimum Gasteiger partial charge on any atom is -0.478 e. The minimum absolute atomic E-state index is 0.00717. The fourth-order valence-electron chi connectivity index (χ4n) is 2.03. The fourth-order valence-corrected chi connectivity index (χ4v) is 2.03. The van der Waals surface area contributed by atoms with Crippen molar-refractivity contribution in [2.75, 3.05) is 0 Å². The summed E-state index contributed by atoms with van der Waals surface area (Å²) in [4.78, 5) is 22.8. The van der Waals surface area contributed by atoms with Gasteiger partial charge in [-0.15, -0.1) is 0 Å². The molecule has 0 aromatic heterocycles. The Balaban J connectivity index is 2.25. The van der Waals surface area contributed by atoms with Crippen molar-refractivity contribution in [3.8, 4) is 0 Å². The molecular formula is C13H13F2NO3. The highest BCUT2D eigenvalue weighted by molar-refractivity contribution is 6.05. The smallest absolute Gasteiger partial charge is 0.336 e. The molecule has 2 rings (SSSR count). The van der Waals surface area contributed by atoms with Crippen LogP contribution < -0.4 is 5.32 Å². The highest BCUT2D eigenvalue weighted by Gasteiger charge is 2.37. The van der Waals surface area contributed by atoms with E-state index in [1.807, 2.05) is 6.92 Å². The summed E-state index contributed by atoms with van der Waals surface area (Å²) in [5, 5.41) is 11.5. The Morgan fingerprint density at radius 1 is 1.32 bits per heavy atom. The number of aromatic carboxylic acids is 1. The van der Waals surface area contributed by atoms with Gasteiger partial charge in [0, 0.05) is 6.04 Å². The molecule has 0 heterocycles. The Hall–Kier alpha value is -1.98. The SMILES string of the molecule is CCC1CC1NC(=O)c1cc(F)c(F)cc1C(=O)O. The normalized spacial score (nSPS) is 21.0. The van der Waals surface area contributed by atoms with Crippen molar-refractivity contribution in [3.05, 3.63) is 34.9 Å². The number of halogens is 2. The third-order valence-corrected chi connectivity index (χ3v) is 3.30. The molecule has 2 N–H and O–H groups in total. The maximum absolute atomic E-state index is 13.1. The summed E-state index contributed by atoms with van der Waals surface area (Å²) in [7, 11) is 0. The van der Waals surface area contributed by atoms with Gasteiger partial charge in [-0.05, 0) is 24.5 Å². The van der Waals surface area contributed by atoms with E-state index < -0.39 is 29.1 Å². The molecule has 0 bridgehead atoms. The summed E-state index contributed by atoms with van der Waals surface area (Å²) in [6, 6.07) is 1.14. The lowest BCUT2D eigenvalue weighted by molar-refractivity contribution is 0.0690. The quantitative estimate of drug-likeness (QED) is 0.880. The summed E-state index contributed by atoms with van der Waals surface area (Å²) in [6.07, 6.45) is 1.74. The third-order valence-electron chi connectivity index (χ3n) is 3.30. The maximum atomic E-state index is 13.1. The highest BCUT2D eigenvalue weighted by atomic mass is 19.2. The molecule has 0 spiro atoms. The van der Waals surface area contributed by atoms with Gasteiger partial charge in [0.05, 0.1) is 11.1 Å².